The summed E-state index contributed by atoms with van der Waals surface area (Å²) in [6.07, 6.45) is 3.91. The smallest absolute Gasteiger partial charge is 0.137 e. The van der Waals surface area contributed by atoms with Gasteiger partial charge in [0.15, 0.2) is 0 Å². The quantitative estimate of drug-likeness (QED) is 0.725. The topological polar surface area (TPSA) is 66.0 Å². The minimum absolute atomic E-state index is 0.314. The van der Waals surface area contributed by atoms with E-state index >= 15 is 0 Å². The molecular formula is C10H20N4O. The van der Waals surface area contributed by atoms with E-state index in [-0.39, 0.29) is 0 Å². The zero-order chi connectivity index (χ0) is 11.1. The van der Waals surface area contributed by atoms with Crippen molar-refractivity contribution in [1.82, 2.24) is 14.8 Å². The van der Waals surface area contributed by atoms with E-state index in [4.69, 9.17) is 10.5 Å². The number of methoxy groups -OCH3 is 1. The van der Waals surface area contributed by atoms with Crippen LogP contribution in [0, 0.1) is 0 Å². The van der Waals surface area contributed by atoms with Gasteiger partial charge in [0.2, 0.25) is 0 Å². The molecule has 0 aliphatic heterocycles. The van der Waals surface area contributed by atoms with Crippen LogP contribution in [-0.4, -0.2) is 35.0 Å². The lowest BCUT2D eigenvalue weighted by Gasteiger charge is -2.14. The van der Waals surface area contributed by atoms with Gasteiger partial charge in [0.05, 0.1) is 6.61 Å². The van der Waals surface area contributed by atoms with Crippen LogP contribution in [-0.2, 0) is 11.3 Å². The highest BCUT2D eigenvalue weighted by molar-refractivity contribution is 4.97. The van der Waals surface area contributed by atoms with Gasteiger partial charge in [-0.05, 0) is 6.42 Å². The van der Waals surface area contributed by atoms with E-state index in [1.54, 1.807) is 13.4 Å². The lowest BCUT2D eigenvalue weighted by molar-refractivity contribution is 0.185. The van der Waals surface area contributed by atoms with Crippen molar-refractivity contribution in [2.45, 2.75) is 32.2 Å². The molecule has 0 bridgehead atoms. The lowest BCUT2D eigenvalue weighted by atomic mass is 10.0. The normalized spacial score (nSPS) is 13.0. The molecular weight excluding hydrogens is 192 g/mol. The third kappa shape index (κ3) is 3.28. The second kappa shape index (κ2) is 6.53. The SMILES string of the molecule is CCCC(CN)c1nncn1CCOC. The van der Waals surface area contributed by atoms with Crippen molar-refractivity contribution in [3.63, 3.8) is 0 Å². The predicted molar refractivity (Wildman–Crippen MR) is 58.6 cm³/mol. The van der Waals surface area contributed by atoms with E-state index in [1.807, 2.05) is 4.57 Å². The molecule has 1 atom stereocenters. The molecule has 86 valence electrons. The Morgan fingerprint density at radius 3 is 3.00 bits per heavy atom. The van der Waals surface area contributed by atoms with Crippen LogP contribution in [0.2, 0.25) is 0 Å². The van der Waals surface area contributed by atoms with Gasteiger partial charge in [-0.15, -0.1) is 10.2 Å². The highest BCUT2D eigenvalue weighted by Gasteiger charge is 2.15. The molecule has 0 saturated heterocycles. The summed E-state index contributed by atoms with van der Waals surface area (Å²) < 4.78 is 7.06. The highest BCUT2D eigenvalue weighted by atomic mass is 16.5. The van der Waals surface area contributed by atoms with Gasteiger partial charge in [0.1, 0.15) is 12.2 Å². The zero-order valence-electron chi connectivity index (χ0n) is 9.52. The fraction of sp³-hybridized carbons (Fsp3) is 0.800. The fourth-order valence-corrected chi connectivity index (χ4v) is 1.64. The molecule has 1 rings (SSSR count). The summed E-state index contributed by atoms with van der Waals surface area (Å²) in [5.74, 6) is 1.30. The summed E-state index contributed by atoms with van der Waals surface area (Å²) in [6.45, 7) is 4.24. The summed E-state index contributed by atoms with van der Waals surface area (Å²) in [7, 11) is 1.69. The van der Waals surface area contributed by atoms with Gasteiger partial charge in [0.25, 0.3) is 0 Å². The van der Waals surface area contributed by atoms with Crippen molar-refractivity contribution in [3.05, 3.63) is 12.2 Å². The minimum atomic E-state index is 0.314. The van der Waals surface area contributed by atoms with E-state index in [0.717, 1.165) is 25.2 Å². The number of hydrogen-bond acceptors (Lipinski definition) is 4. The summed E-state index contributed by atoms with van der Waals surface area (Å²) in [6, 6.07) is 0. The van der Waals surface area contributed by atoms with Crippen molar-refractivity contribution in [2.75, 3.05) is 20.3 Å². The van der Waals surface area contributed by atoms with E-state index in [2.05, 4.69) is 17.1 Å². The zero-order valence-corrected chi connectivity index (χ0v) is 9.52. The van der Waals surface area contributed by atoms with Crippen LogP contribution >= 0.6 is 0 Å². The second-order valence-corrected chi connectivity index (χ2v) is 3.60. The molecule has 2 N–H and O–H groups in total. The van der Waals surface area contributed by atoms with Gasteiger partial charge in [0, 0.05) is 26.1 Å². The lowest BCUT2D eigenvalue weighted by Crippen LogP contribution is -2.18. The molecule has 0 amide bonds. The van der Waals surface area contributed by atoms with Crippen molar-refractivity contribution < 1.29 is 4.74 Å². The third-order valence-corrected chi connectivity index (χ3v) is 2.47. The molecule has 1 aromatic rings. The maximum absolute atomic E-state index is 5.74. The number of aromatic nitrogens is 3. The average Bonchev–Trinajstić information content (AvgIpc) is 2.71. The Bertz CT molecular complexity index is 274. The van der Waals surface area contributed by atoms with Crippen LogP contribution in [0.3, 0.4) is 0 Å². The molecule has 0 aliphatic carbocycles. The highest BCUT2D eigenvalue weighted by Crippen LogP contribution is 2.17. The fourth-order valence-electron chi connectivity index (χ4n) is 1.64. The first-order chi connectivity index (χ1) is 7.33. The third-order valence-electron chi connectivity index (χ3n) is 2.47. The van der Waals surface area contributed by atoms with Crippen LogP contribution in [0.25, 0.3) is 0 Å². The molecule has 1 heterocycles. The minimum Gasteiger partial charge on any atom is -0.383 e. The van der Waals surface area contributed by atoms with Gasteiger partial charge in [-0.2, -0.15) is 0 Å². The van der Waals surface area contributed by atoms with Crippen molar-refractivity contribution >= 4 is 0 Å². The van der Waals surface area contributed by atoms with E-state index in [1.165, 1.54) is 0 Å². The average molecular weight is 212 g/mol. The summed E-state index contributed by atoms with van der Waals surface area (Å²) >= 11 is 0. The molecule has 5 nitrogen and oxygen atoms in total. The first kappa shape index (κ1) is 12.1. The first-order valence-corrected chi connectivity index (χ1v) is 5.40. The molecule has 0 radical (unpaired) electrons. The number of rotatable bonds is 7. The van der Waals surface area contributed by atoms with Gasteiger partial charge >= 0.3 is 0 Å². The van der Waals surface area contributed by atoms with Gasteiger partial charge in [-0.1, -0.05) is 13.3 Å². The monoisotopic (exact) mass is 212 g/mol. The molecule has 0 aromatic carbocycles. The number of ether oxygens (including phenoxy) is 1. The van der Waals surface area contributed by atoms with Gasteiger partial charge in [-0.3, -0.25) is 0 Å². The first-order valence-electron chi connectivity index (χ1n) is 5.40. The molecule has 0 aliphatic rings. The maximum atomic E-state index is 5.74. The predicted octanol–water partition coefficient (Wildman–Crippen LogP) is 0.767. The Labute approximate surface area is 90.6 Å². The Morgan fingerprint density at radius 2 is 2.40 bits per heavy atom. The van der Waals surface area contributed by atoms with Crippen LogP contribution < -0.4 is 5.73 Å². The van der Waals surface area contributed by atoms with Crippen LogP contribution in [0.5, 0.6) is 0 Å². The Morgan fingerprint density at radius 1 is 1.60 bits per heavy atom. The van der Waals surface area contributed by atoms with Crippen LogP contribution in [0.4, 0.5) is 0 Å². The summed E-state index contributed by atoms with van der Waals surface area (Å²) in [4.78, 5) is 0. The molecule has 0 spiro atoms. The largest absolute Gasteiger partial charge is 0.383 e. The molecule has 1 unspecified atom stereocenters. The number of nitrogens with two attached hydrogens (primary N) is 1. The van der Waals surface area contributed by atoms with E-state index in [0.29, 0.717) is 19.1 Å². The Kier molecular flexibility index (Phi) is 5.28. The number of nitrogens with zero attached hydrogens (tertiary/aromatic N) is 3. The van der Waals surface area contributed by atoms with Gasteiger partial charge < -0.3 is 15.0 Å². The van der Waals surface area contributed by atoms with Crippen molar-refractivity contribution in [1.29, 1.82) is 0 Å². The second-order valence-electron chi connectivity index (χ2n) is 3.60. The van der Waals surface area contributed by atoms with Crippen LogP contribution in [0.1, 0.15) is 31.5 Å². The standard InChI is InChI=1S/C10H20N4O/c1-3-4-9(7-11)10-13-12-8-14(10)5-6-15-2/h8-9H,3-7,11H2,1-2H3. The molecule has 5 heteroatoms. The molecule has 0 fully saturated rings. The van der Waals surface area contributed by atoms with Crippen LogP contribution in [0.15, 0.2) is 6.33 Å². The summed E-state index contributed by atoms with van der Waals surface area (Å²) in [5, 5.41) is 8.06. The number of hydrogen-bond donors (Lipinski definition) is 1. The van der Waals surface area contributed by atoms with E-state index in [9.17, 15) is 0 Å². The van der Waals surface area contributed by atoms with Gasteiger partial charge in [-0.25, -0.2) is 0 Å². The molecule has 0 saturated carbocycles. The van der Waals surface area contributed by atoms with Crippen molar-refractivity contribution in [2.24, 2.45) is 5.73 Å². The molecule has 15 heavy (non-hydrogen) atoms. The summed E-state index contributed by atoms with van der Waals surface area (Å²) in [5.41, 5.74) is 5.74. The molecule has 1 aromatic heterocycles. The van der Waals surface area contributed by atoms with Crippen molar-refractivity contribution in [3.8, 4) is 0 Å². The van der Waals surface area contributed by atoms with E-state index < -0.39 is 0 Å². The Balaban J connectivity index is 2.68. The Hall–Kier alpha value is -0.940. The maximum Gasteiger partial charge on any atom is 0.137 e.